The summed E-state index contributed by atoms with van der Waals surface area (Å²) in [7, 11) is 0. The van der Waals surface area contributed by atoms with Crippen molar-refractivity contribution in [2.24, 2.45) is 0 Å². The molecule has 0 radical (unpaired) electrons. The van der Waals surface area contributed by atoms with Crippen LogP contribution < -0.4 is 5.32 Å². The van der Waals surface area contributed by atoms with Crippen molar-refractivity contribution in [3.63, 3.8) is 0 Å². The normalized spacial score (nSPS) is 11.5. The quantitative estimate of drug-likeness (QED) is 0.608. The zero-order chi connectivity index (χ0) is 14.2. The molecule has 3 heterocycles. The number of nitrogens with zero attached hydrogens (tertiary/aromatic N) is 3. The van der Waals surface area contributed by atoms with Gasteiger partial charge in [0.05, 0.1) is 11.9 Å². The number of aryl methyl sites for hydroxylation is 1. The van der Waals surface area contributed by atoms with Crippen LogP contribution in [0.2, 0.25) is 0 Å². The molecule has 4 aromatic rings. The molecule has 6 heteroatoms. The van der Waals surface area contributed by atoms with Gasteiger partial charge in [-0.25, -0.2) is 9.50 Å². The first-order chi connectivity index (χ1) is 10.3. The summed E-state index contributed by atoms with van der Waals surface area (Å²) in [5.41, 5.74) is 3.52. The lowest BCUT2D eigenvalue weighted by atomic mass is 10.1. The predicted octanol–water partition coefficient (Wildman–Crippen LogP) is 3.24. The summed E-state index contributed by atoms with van der Waals surface area (Å²) < 4.78 is 1.83. The van der Waals surface area contributed by atoms with Crippen LogP contribution in [0.3, 0.4) is 0 Å². The maximum absolute atomic E-state index is 4.47. The summed E-state index contributed by atoms with van der Waals surface area (Å²) in [6, 6.07) is 8.38. The summed E-state index contributed by atoms with van der Waals surface area (Å²) in [6.07, 6.45) is 4.99. The Morgan fingerprint density at radius 2 is 2.24 bits per heavy atom. The van der Waals surface area contributed by atoms with Gasteiger partial charge in [0, 0.05) is 23.6 Å². The number of benzene rings is 1. The number of aromatic amines is 1. The van der Waals surface area contributed by atoms with Gasteiger partial charge in [-0.15, -0.1) is 5.10 Å². The van der Waals surface area contributed by atoms with Gasteiger partial charge in [0.2, 0.25) is 10.1 Å². The van der Waals surface area contributed by atoms with Gasteiger partial charge in [-0.1, -0.05) is 29.5 Å². The second-order valence-corrected chi connectivity index (χ2v) is 6.01. The van der Waals surface area contributed by atoms with E-state index in [0.717, 1.165) is 28.8 Å². The van der Waals surface area contributed by atoms with E-state index in [4.69, 9.17) is 0 Å². The van der Waals surface area contributed by atoms with Crippen LogP contribution in [0.4, 0.5) is 5.13 Å². The predicted molar refractivity (Wildman–Crippen MR) is 86.1 cm³/mol. The number of fused-ring (bicyclic) bond motifs is 2. The average molecular weight is 297 g/mol. The Bertz CT molecular complexity index is 870. The monoisotopic (exact) mass is 297 g/mol. The molecule has 0 atom stereocenters. The van der Waals surface area contributed by atoms with Crippen molar-refractivity contribution in [2.45, 2.75) is 13.3 Å². The smallest absolute Gasteiger partial charge is 0.214 e. The lowest BCUT2D eigenvalue weighted by molar-refractivity contribution is 0.948. The molecular formula is C15H15N5S. The van der Waals surface area contributed by atoms with E-state index in [-0.39, 0.29) is 0 Å². The Kier molecular flexibility index (Phi) is 2.89. The van der Waals surface area contributed by atoms with E-state index >= 15 is 0 Å². The average Bonchev–Trinajstić information content (AvgIpc) is 3.12. The van der Waals surface area contributed by atoms with Crippen LogP contribution in [-0.2, 0) is 6.42 Å². The molecule has 5 nitrogen and oxygen atoms in total. The number of nitrogens with one attached hydrogen (secondary N) is 2. The Hall–Kier alpha value is -2.34. The highest BCUT2D eigenvalue weighted by atomic mass is 32.1. The van der Waals surface area contributed by atoms with Gasteiger partial charge >= 0.3 is 0 Å². The minimum Gasteiger partial charge on any atom is -0.361 e. The summed E-state index contributed by atoms with van der Waals surface area (Å²) >= 11 is 1.58. The van der Waals surface area contributed by atoms with Gasteiger partial charge in [0.1, 0.15) is 0 Å². The van der Waals surface area contributed by atoms with Crippen molar-refractivity contribution in [2.75, 3.05) is 11.9 Å². The second-order valence-electron chi connectivity index (χ2n) is 5.05. The summed E-state index contributed by atoms with van der Waals surface area (Å²) in [4.78, 5) is 8.64. The van der Waals surface area contributed by atoms with E-state index in [9.17, 15) is 0 Å². The third-order valence-corrected chi connectivity index (χ3v) is 4.39. The molecule has 0 fully saturated rings. The van der Waals surface area contributed by atoms with Crippen molar-refractivity contribution in [1.29, 1.82) is 0 Å². The zero-order valence-electron chi connectivity index (χ0n) is 11.6. The fourth-order valence-electron chi connectivity index (χ4n) is 2.52. The molecule has 0 spiro atoms. The lowest BCUT2D eigenvalue weighted by Gasteiger charge is -2.01. The SMILES string of the molecule is Cc1cn2nc(NCCc3c[nH]c4ccccc34)sc2n1. The molecule has 106 valence electrons. The van der Waals surface area contributed by atoms with E-state index in [2.05, 4.69) is 44.8 Å². The van der Waals surface area contributed by atoms with Crippen LogP contribution in [0.5, 0.6) is 0 Å². The molecule has 21 heavy (non-hydrogen) atoms. The minimum absolute atomic E-state index is 0.859. The molecule has 0 unspecified atom stereocenters. The standard InChI is InChI=1S/C15H15N5S/c1-10-9-20-15(18-10)21-14(19-20)16-7-6-11-8-17-13-5-3-2-4-12(11)13/h2-5,8-9,17H,6-7H2,1H3,(H,16,19). The van der Waals surface area contributed by atoms with Crippen LogP contribution in [-0.4, -0.2) is 26.1 Å². The van der Waals surface area contributed by atoms with Gasteiger partial charge in [-0.05, 0) is 25.0 Å². The summed E-state index contributed by atoms with van der Waals surface area (Å²) in [5, 5.41) is 10.1. The van der Waals surface area contributed by atoms with Crippen molar-refractivity contribution in [3.8, 4) is 0 Å². The van der Waals surface area contributed by atoms with Crippen LogP contribution in [0.15, 0.2) is 36.7 Å². The molecule has 0 aliphatic carbocycles. The molecule has 2 N–H and O–H groups in total. The largest absolute Gasteiger partial charge is 0.361 e. The van der Waals surface area contributed by atoms with Crippen molar-refractivity contribution in [1.82, 2.24) is 19.6 Å². The Balaban J connectivity index is 1.46. The number of anilines is 1. The van der Waals surface area contributed by atoms with E-state index < -0.39 is 0 Å². The molecule has 0 aliphatic rings. The first kappa shape index (κ1) is 12.4. The van der Waals surface area contributed by atoms with E-state index in [1.54, 1.807) is 11.3 Å². The Labute approximate surface area is 125 Å². The molecule has 0 bridgehead atoms. The Morgan fingerprint density at radius 3 is 3.14 bits per heavy atom. The highest BCUT2D eigenvalue weighted by Gasteiger charge is 2.06. The second kappa shape index (κ2) is 4.89. The van der Waals surface area contributed by atoms with E-state index in [0.29, 0.717) is 0 Å². The maximum atomic E-state index is 4.47. The molecular weight excluding hydrogens is 282 g/mol. The summed E-state index contributed by atoms with van der Waals surface area (Å²) in [6.45, 7) is 2.84. The molecule has 0 aliphatic heterocycles. The lowest BCUT2D eigenvalue weighted by Crippen LogP contribution is -2.04. The number of imidazole rings is 1. The van der Waals surface area contributed by atoms with E-state index in [1.807, 2.05) is 23.7 Å². The van der Waals surface area contributed by atoms with Crippen molar-refractivity contribution < 1.29 is 0 Å². The van der Waals surface area contributed by atoms with Gasteiger partial charge in [-0.2, -0.15) is 0 Å². The molecule has 1 aromatic carbocycles. The van der Waals surface area contributed by atoms with Gasteiger partial charge in [0.15, 0.2) is 0 Å². The van der Waals surface area contributed by atoms with E-state index in [1.165, 1.54) is 16.5 Å². The van der Waals surface area contributed by atoms with Crippen molar-refractivity contribution in [3.05, 3.63) is 47.9 Å². The summed E-state index contributed by atoms with van der Waals surface area (Å²) in [5.74, 6) is 0. The molecule has 0 saturated carbocycles. The fraction of sp³-hybridized carbons (Fsp3) is 0.200. The molecule has 4 rings (SSSR count). The van der Waals surface area contributed by atoms with Crippen LogP contribution in [0.1, 0.15) is 11.3 Å². The number of aromatic nitrogens is 4. The molecule has 0 saturated heterocycles. The van der Waals surface area contributed by atoms with Gasteiger partial charge in [-0.3, -0.25) is 0 Å². The first-order valence-corrected chi connectivity index (χ1v) is 7.73. The number of hydrogen-bond acceptors (Lipinski definition) is 4. The number of hydrogen-bond donors (Lipinski definition) is 2. The highest BCUT2D eigenvalue weighted by Crippen LogP contribution is 2.20. The van der Waals surface area contributed by atoms with Crippen LogP contribution in [0, 0.1) is 6.92 Å². The van der Waals surface area contributed by atoms with Crippen molar-refractivity contribution >= 4 is 32.3 Å². The molecule has 3 aromatic heterocycles. The van der Waals surface area contributed by atoms with Crippen LogP contribution >= 0.6 is 11.3 Å². The maximum Gasteiger partial charge on any atom is 0.214 e. The fourth-order valence-corrected chi connectivity index (χ4v) is 3.38. The molecule has 0 amide bonds. The number of rotatable bonds is 4. The third-order valence-electron chi connectivity index (χ3n) is 3.51. The van der Waals surface area contributed by atoms with Crippen LogP contribution in [0.25, 0.3) is 15.9 Å². The zero-order valence-corrected chi connectivity index (χ0v) is 12.4. The van der Waals surface area contributed by atoms with Gasteiger partial charge in [0.25, 0.3) is 0 Å². The highest BCUT2D eigenvalue weighted by molar-refractivity contribution is 7.20. The number of H-pyrrole nitrogens is 1. The topological polar surface area (TPSA) is 58.0 Å². The third kappa shape index (κ3) is 2.27. The minimum atomic E-state index is 0.859. The Morgan fingerprint density at radius 1 is 1.33 bits per heavy atom. The van der Waals surface area contributed by atoms with Gasteiger partial charge < -0.3 is 10.3 Å². The first-order valence-electron chi connectivity index (χ1n) is 6.91. The number of para-hydroxylation sites is 1.